The van der Waals surface area contributed by atoms with E-state index in [9.17, 15) is 21.6 Å². The first-order chi connectivity index (χ1) is 8.58. The van der Waals surface area contributed by atoms with Gasteiger partial charge in [-0.15, -0.1) is 0 Å². The second kappa shape index (κ2) is 5.94. The number of halogens is 4. The third kappa shape index (κ3) is 4.30. The van der Waals surface area contributed by atoms with Crippen molar-refractivity contribution in [2.45, 2.75) is 30.7 Å². The van der Waals surface area contributed by atoms with Gasteiger partial charge in [-0.05, 0) is 13.3 Å². The Morgan fingerprint density at radius 1 is 1.42 bits per heavy atom. The van der Waals surface area contributed by atoms with Crippen LogP contribution in [0.2, 0.25) is 4.47 Å². The molecule has 0 fully saturated rings. The maximum atomic E-state index is 12.4. The van der Waals surface area contributed by atoms with Gasteiger partial charge in [0.1, 0.15) is 6.54 Å². The van der Waals surface area contributed by atoms with Gasteiger partial charge in [-0.2, -0.15) is 17.5 Å². The summed E-state index contributed by atoms with van der Waals surface area (Å²) in [5.41, 5.74) is 0.110. The normalized spacial score (nSPS) is 13.2. The van der Waals surface area contributed by atoms with Crippen LogP contribution in [-0.2, 0) is 10.0 Å². The maximum absolute atomic E-state index is 12.4. The van der Waals surface area contributed by atoms with E-state index in [2.05, 4.69) is 4.98 Å². The molecule has 0 aliphatic carbocycles. The molecule has 0 aliphatic rings. The van der Waals surface area contributed by atoms with Crippen molar-refractivity contribution < 1.29 is 21.6 Å². The molecule has 0 spiro atoms. The van der Waals surface area contributed by atoms with Gasteiger partial charge in [-0.25, -0.2) is 13.4 Å². The number of aryl methyl sites for hydroxylation is 1. The standard InChI is InChI=1S/C9H12ClF3N2O2S2/c1-3-4-15(5-9(11,12)13)19(16,17)7-6(2)14-8(10)18-7/h3-5H2,1-2H3. The predicted molar refractivity (Wildman–Crippen MR) is 67.0 cm³/mol. The Balaban J connectivity index is 3.16. The van der Waals surface area contributed by atoms with E-state index in [0.717, 1.165) is 0 Å². The molecule has 0 saturated heterocycles. The zero-order valence-corrected chi connectivity index (χ0v) is 12.5. The molecule has 1 aromatic rings. The largest absolute Gasteiger partial charge is 0.402 e. The van der Waals surface area contributed by atoms with E-state index in [4.69, 9.17) is 11.6 Å². The molecule has 0 aliphatic heterocycles. The lowest BCUT2D eigenvalue weighted by Crippen LogP contribution is -2.39. The highest BCUT2D eigenvalue weighted by Crippen LogP contribution is 2.31. The van der Waals surface area contributed by atoms with Gasteiger partial charge in [0, 0.05) is 6.54 Å². The Hall–Kier alpha value is -0.380. The summed E-state index contributed by atoms with van der Waals surface area (Å²) in [4.78, 5) is 3.71. The van der Waals surface area contributed by atoms with Crippen LogP contribution in [-0.4, -0.2) is 37.0 Å². The van der Waals surface area contributed by atoms with Crippen LogP contribution in [0.1, 0.15) is 19.0 Å². The van der Waals surface area contributed by atoms with Crippen LogP contribution in [0.3, 0.4) is 0 Å². The number of sulfonamides is 1. The lowest BCUT2D eigenvalue weighted by molar-refractivity contribution is -0.136. The number of hydrogen-bond acceptors (Lipinski definition) is 4. The number of hydrogen-bond donors (Lipinski definition) is 0. The molecule has 1 heterocycles. The first-order valence-corrected chi connectivity index (χ1v) is 7.91. The molecule has 1 rings (SSSR count). The van der Waals surface area contributed by atoms with E-state index in [0.29, 0.717) is 15.6 Å². The van der Waals surface area contributed by atoms with E-state index in [1.807, 2.05) is 0 Å². The molecule has 10 heteroatoms. The van der Waals surface area contributed by atoms with Crippen LogP contribution in [0.4, 0.5) is 13.2 Å². The molecule has 4 nitrogen and oxygen atoms in total. The van der Waals surface area contributed by atoms with Crippen molar-refractivity contribution in [1.29, 1.82) is 0 Å². The second-order valence-electron chi connectivity index (χ2n) is 3.79. The number of nitrogens with zero attached hydrogens (tertiary/aromatic N) is 2. The molecule has 0 atom stereocenters. The van der Waals surface area contributed by atoms with Gasteiger partial charge in [-0.1, -0.05) is 29.9 Å². The van der Waals surface area contributed by atoms with Gasteiger partial charge in [0.25, 0.3) is 10.0 Å². The minimum Gasteiger partial charge on any atom is -0.229 e. The van der Waals surface area contributed by atoms with Crippen LogP contribution in [0.15, 0.2) is 4.21 Å². The average molecular weight is 337 g/mol. The monoisotopic (exact) mass is 336 g/mol. The predicted octanol–water partition coefficient (Wildman–Crippen LogP) is 3.07. The van der Waals surface area contributed by atoms with Crippen LogP contribution >= 0.6 is 22.9 Å². The number of thiazole rings is 1. The molecule has 0 saturated carbocycles. The third-order valence-electron chi connectivity index (χ3n) is 2.13. The van der Waals surface area contributed by atoms with Gasteiger partial charge in [0.05, 0.1) is 5.69 Å². The van der Waals surface area contributed by atoms with Gasteiger partial charge in [0.2, 0.25) is 0 Å². The van der Waals surface area contributed by atoms with Crippen molar-refractivity contribution >= 4 is 33.0 Å². The summed E-state index contributed by atoms with van der Waals surface area (Å²) in [6, 6.07) is 0. The van der Waals surface area contributed by atoms with E-state index >= 15 is 0 Å². The molecule has 0 bridgehead atoms. The van der Waals surface area contributed by atoms with Crippen molar-refractivity contribution in [2.75, 3.05) is 13.1 Å². The number of rotatable bonds is 5. The molecule has 0 N–H and O–H groups in total. The quantitative estimate of drug-likeness (QED) is 0.830. The first kappa shape index (κ1) is 16.7. The number of aromatic nitrogens is 1. The molecule has 0 amide bonds. The maximum Gasteiger partial charge on any atom is 0.402 e. The fraction of sp³-hybridized carbons (Fsp3) is 0.667. The smallest absolute Gasteiger partial charge is 0.229 e. The molecule has 1 aromatic heterocycles. The van der Waals surface area contributed by atoms with E-state index in [-0.39, 0.29) is 27.3 Å². The molecular formula is C9H12ClF3N2O2S2. The molecule has 0 unspecified atom stereocenters. The van der Waals surface area contributed by atoms with E-state index in [1.54, 1.807) is 6.92 Å². The van der Waals surface area contributed by atoms with Gasteiger partial charge in [-0.3, -0.25) is 0 Å². The van der Waals surface area contributed by atoms with Crippen LogP contribution in [0.5, 0.6) is 0 Å². The topological polar surface area (TPSA) is 50.3 Å². The Morgan fingerprint density at radius 3 is 2.37 bits per heavy atom. The summed E-state index contributed by atoms with van der Waals surface area (Å²) in [5.74, 6) is 0. The highest BCUT2D eigenvalue weighted by atomic mass is 35.5. The summed E-state index contributed by atoms with van der Waals surface area (Å²) in [7, 11) is -4.22. The zero-order valence-electron chi connectivity index (χ0n) is 10.2. The fourth-order valence-electron chi connectivity index (χ4n) is 1.44. The lowest BCUT2D eigenvalue weighted by atomic mass is 10.5. The van der Waals surface area contributed by atoms with Crippen molar-refractivity contribution in [3.8, 4) is 0 Å². The SMILES string of the molecule is CCCN(CC(F)(F)F)S(=O)(=O)c1sc(Cl)nc1C. The van der Waals surface area contributed by atoms with Crippen molar-refractivity contribution in [1.82, 2.24) is 9.29 Å². The third-order valence-corrected chi connectivity index (χ3v) is 5.82. The Morgan fingerprint density at radius 2 is 2.00 bits per heavy atom. The zero-order chi connectivity index (χ0) is 14.8. The minimum atomic E-state index is -4.59. The van der Waals surface area contributed by atoms with E-state index < -0.39 is 22.7 Å². The summed E-state index contributed by atoms with van der Waals surface area (Å²) < 4.78 is 61.8. The van der Waals surface area contributed by atoms with Crippen LogP contribution in [0.25, 0.3) is 0 Å². The van der Waals surface area contributed by atoms with Gasteiger partial charge >= 0.3 is 6.18 Å². The Kier molecular flexibility index (Phi) is 5.21. The summed E-state index contributed by atoms with van der Waals surface area (Å²) >= 11 is 6.25. The van der Waals surface area contributed by atoms with Crippen molar-refractivity contribution in [3.63, 3.8) is 0 Å². The minimum absolute atomic E-state index is 0.0143. The summed E-state index contributed by atoms with van der Waals surface area (Å²) in [6.07, 6.45) is -4.31. The lowest BCUT2D eigenvalue weighted by Gasteiger charge is -2.22. The van der Waals surface area contributed by atoms with Crippen molar-refractivity contribution in [3.05, 3.63) is 10.2 Å². The Bertz CT molecular complexity index is 542. The highest BCUT2D eigenvalue weighted by Gasteiger charge is 2.38. The highest BCUT2D eigenvalue weighted by molar-refractivity contribution is 7.91. The Labute approximate surface area is 118 Å². The average Bonchev–Trinajstić information content (AvgIpc) is 2.56. The first-order valence-electron chi connectivity index (χ1n) is 5.27. The van der Waals surface area contributed by atoms with Gasteiger partial charge < -0.3 is 0 Å². The summed E-state index contributed by atoms with van der Waals surface area (Å²) in [5, 5.41) is 0. The molecule has 0 radical (unpaired) electrons. The van der Waals surface area contributed by atoms with E-state index in [1.165, 1.54) is 6.92 Å². The molecule has 110 valence electrons. The number of alkyl halides is 3. The summed E-state index contributed by atoms with van der Waals surface area (Å²) in [6.45, 7) is 1.27. The van der Waals surface area contributed by atoms with Crippen LogP contribution in [0, 0.1) is 6.92 Å². The fourth-order valence-corrected chi connectivity index (χ4v) is 4.83. The van der Waals surface area contributed by atoms with Crippen molar-refractivity contribution in [2.24, 2.45) is 0 Å². The molecule has 19 heavy (non-hydrogen) atoms. The molecule has 0 aromatic carbocycles. The van der Waals surface area contributed by atoms with Gasteiger partial charge in [0.15, 0.2) is 8.68 Å². The molecular weight excluding hydrogens is 325 g/mol. The van der Waals surface area contributed by atoms with Crippen LogP contribution < -0.4 is 0 Å². The second-order valence-corrected chi connectivity index (χ2v) is 7.51.